The maximum absolute atomic E-state index is 11.2. The second-order valence-corrected chi connectivity index (χ2v) is 8.94. The predicted molar refractivity (Wildman–Crippen MR) is 124 cm³/mol. The van der Waals surface area contributed by atoms with Crippen LogP contribution in [0.1, 0.15) is 47.5 Å². The van der Waals surface area contributed by atoms with Crippen LogP contribution in [0.15, 0.2) is 0 Å². The Kier molecular flexibility index (Phi) is 24.5. The molecule has 212 valence electrons. The van der Waals surface area contributed by atoms with Crippen molar-refractivity contribution >= 4 is 67.5 Å². The molecule has 0 saturated carbocycles. The fourth-order valence-corrected chi connectivity index (χ4v) is 1.65. The second-order valence-electron chi connectivity index (χ2n) is 8.94. The molecule has 16 heteroatoms. The minimum absolute atomic E-state index is 0. The Hall–Kier alpha value is -1.59. The first-order valence-corrected chi connectivity index (χ1v) is 10.7. The van der Waals surface area contributed by atoms with E-state index in [1.165, 1.54) is 34.6 Å². The van der Waals surface area contributed by atoms with Gasteiger partial charge in [0.05, 0.1) is 13.2 Å². The molecule has 3 atom stereocenters. The third kappa shape index (κ3) is 22.1. The first-order valence-electron chi connectivity index (χ1n) is 10.7. The number of carboxylic acid groups (broad SMARTS) is 3. The van der Waals surface area contributed by atoms with Gasteiger partial charge in [-0.25, -0.2) is 4.79 Å². The Bertz CT molecular complexity index is 665. The van der Waals surface area contributed by atoms with Crippen molar-refractivity contribution in [3.8, 4) is 0 Å². The quantitative estimate of drug-likeness (QED) is 0.0966. The first-order chi connectivity index (χ1) is 16.3. The zero-order valence-electron chi connectivity index (χ0n) is 21.7. The summed E-state index contributed by atoms with van der Waals surface area (Å²) in [5, 5.41) is 77.0. The van der Waals surface area contributed by atoms with E-state index in [2.05, 4.69) is 10.6 Å². The van der Waals surface area contributed by atoms with Crippen LogP contribution in [0.4, 0.5) is 0 Å². The molecule has 0 aromatic heterocycles. The van der Waals surface area contributed by atoms with Gasteiger partial charge in [-0.1, -0.05) is 27.7 Å². The molecular formula is C21H38CaN2O13. The topological polar surface area (TPSA) is 277 Å². The summed E-state index contributed by atoms with van der Waals surface area (Å²) in [7, 11) is 0. The third-order valence-electron chi connectivity index (χ3n) is 4.41. The number of nitrogens with one attached hydrogen (secondary N) is 2. The van der Waals surface area contributed by atoms with Gasteiger partial charge in [-0.15, -0.1) is 0 Å². The molecule has 15 nitrogen and oxygen atoms in total. The minimum atomic E-state index is -1.37. The van der Waals surface area contributed by atoms with E-state index >= 15 is 0 Å². The minimum Gasteiger partial charge on any atom is -0.550 e. The van der Waals surface area contributed by atoms with Gasteiger partial charge in [-0.3, -0.25) is 9.59 Å². The number of carbonyl (C=O) groups excluding carboxylic acids is 4. The van der Waals surface area contributed by atoms with Crippen molar-refractivity contribution in [1.29, 1.82) is 0 Å². The normalized spacial score (nSPS) is 13.0. The molecule has 0 fully saturated rings. The summed E-state index contributed by atoms with van der Waals surface area (Å²) in [6.07, 6.45) is -4.59. The van der Waals surface area contributed by atoms with Gasteiger partial charge in [0.25, 0.3) is 0 Å². The number of aliphatic carboxylic acids is 3. The molecule has 0 heterocycles. The Morgan fingerprint density at radius 1 is 0.730 bits per heavy atom. The molecule has 0 aliphatic heterocycles. The number of amides is 2. The number of hydrogen-bond acceptors (Lipinski definition) is 12. The third-order valence-corrected chi connectivity index (χ3v) is 4.41. The summed E-state index contributed by atoms with van der Waals surface area (Å²) in [4.78, 5) is 52.0. The molecular weight excluding hydrogens is 528 g/mol. The van der Waals surface area contributed by atoms with Crippen LogP contribution in [0.25, 0.3) is 0 Å². The average molecular weight is 567 g/mol. The molecule has 0 radical (unpaired) electrons. The van der Waals surface area contributed by atoms with Crippen molar-refractivity contribution < 1.29 is 64.8 Å². The van der Waals surface area contributed by atoms with Crippen molar-refractivity contribution in [3.05, 3.63) is 0 Å². The molecule has 8 N–H and O–H groups in total. The van der Waals surface area contributed by atoms with E-state index in [-0.39, 0.29) is 76.9 Å². The number of carboxylic acids is 3. The second kappa shape index (κ2) is 21.4. The molecule has 1 unspecified atom stereocenters. The van der Waals surface area contributed by atoms with Crippen LogP contribution in [0.3, 0.4) is 0 Å². The van der Waals surface area contributed by atoms with Crippen molar-refractivity contribution in [3.63, 3.8) is 0 Å². The summed E-state index contributed by atoms with van der Waals surface area (Å²) < 4.78 is 0. The molecule has 0 bridgehead atoms. The monoisotopic (exact) mass is 566 g/mol. The molecule has 37 heavy (non-hydrogen) atoms. The maximum Gasteiger partial charge on any atom is 2.00 e. The predicted octanol–water partition coefficient (Wildman–Crippen LogP) is -5.68. The number of hydrogen-bond donors (Lipinski definition) is 8. The summed E-state index contributed by atoms with van der Waals surface area (Å²) >= 11 is 0. The van der Waals surface area contributed by atoms with E-state index in [0.29, 0.717) is 0 Å². The van der Waals surface area contributed by atoms with Gasteiger partial charge >= 0.3 is 43.7 Å². The van der Waals surface area contributed by atoms with Crippen molar-refractivity contribution in [2.24, 2.45) is 10.8 Å². The van der Waals surface area contributed by atoms with Crippen molar-refractivity contribution in [2.75, 3.05) is 26.3 Å². The van der Waals surface area contributed by atoms with Gasteiger partial charge in [-0.05, 0) is 6.92 Å². The molecule has 0 aromatic rings. The summed E-state index contributed by atoms with van der Waals surface area (Å²) in [6, 6.07) is 0. The van der Waals surface area contributed by atoms with E-state index in [1.807, 2.05) is 0 Å². The Labute approximate surface area is 244 Å². The van der Waals surface area contributed by atoms with E-state index in [4.69, 9.17) is 20.4 Å². The van der Waals surface area contributed by atoms with Crippen LogP contribution in [-0.4, -0.2) is 143 Å². The summed E-state index contributed by atoms with van der Waals surface area (Å²) in [5.74, 6) is -5.13. The number of carbonyl (C=O) groups is 5. The molecule has 0 aliphatic rings. The summed E-state index contributed by atoms with van der Waals surface area (Å²) in [6.45, 7) is 6.41. The van der Waals surface area contributed by atoms with E-state index in [0.717, 1.165) is 0 Å². The van der Waals surface area contributed by atoms with Gasteiger partial charge in [0.15, 0.2) is 0 Å². The van der Waals surface area contributed by atoms with Crippen molar-refractivity contribution in [1.82, 2.24) is 10.6 Å². The van der Waals surface area contributed by atoms with Crippen molar-refractivity contribution in [2.45, 2.75) is 65.8 Å². The number of rotatable bonds is 13. The van der Waals surface area contributed by atoms with Gasteiger partial charge in [-0.2, -0.15) is 0 Å². The Balaban J connectivity index is -0.000000237. The molecule has 0 aromatic carbocycles. The Morgan fingerprint density at radius 3 is 1.14 bits per heavy atom. The smallest absolute Gasteiger partial charge is 0.550 e. The molecule has 0 aliphatic carbocycles. The van der Waals surface area contributed by atoms with Crippen LogP contribution in [-0.2, 0) is 24.0 Å². The fourth-order valence-electron chi connectivity index (χ4n) is 1.65. The van der Waals surface area contributed by atoms with Crippen LogP contribution >= 0.6 is 0 Å². The maximum atomic E-state index is 11.2. The van der Waals surface area contributed by atoms with Gasteiger partial charge in [0.1, 0.15) is 18.3 Å². The van der Waals surface area contributed by atoms with Gasteiger partial charge in [0, 0.05) is 48.7 Å². The first kappa shape index (κ1) is 42.5. The fraction of sp³-hybridized carbons (Fsp3) is 0.762. The molecule has 2 amide bonds. The Morgan fingerprint density at radius 2 is 0.973 bits per heavy atom. The number of aliphatic hydroxyl groups is 5. The van der Waals surface area contributed by atoms with Crippen LogP contribution in [0, 0.1) is 10.8 Å². The standard InChI is InChI=1S/2C9H17NO5.C3H6O3.Ca/c2*1-9(2,5-11)7(14)8(15)10-4-3-6(12)13;1-2(4)3(5)6;/h2*7,11,14H,3-5H2,1-2H3,(H,10,15)(H,12,13);2,4H,1H3,(H,5,6);/q;;;+2/p-2/t2*7-;;/m00../s1. The van der Waals surface area contributed by atoms with E-state index in [9.17, 15) is 44.4 Å². The van der Waals surface area contributed by atoms with E-state index < -0.39 is 58.9 Å². The van der Waals surface area contributed by atoms with Gasteiger partial charge in [0.2, 0.25) is 11.8 Å². The SMILES string of the molecule is CC(C)(CO)[C@@H](O)C(=O)NCCC(=O)[O-].CC(C)(CO)[C@@H](O)C(=O)NCCC(=O)[O-].CC(O)C(=O)O.[Ca+2]. The van der Waals surface area contributed by atoms with E-state index in [1.54, 1.807) is 0 Å². The summed E-state index contributed by atoms with van der Waals surface area (Å²) in [5.41, 5.74) is -1.91. The molecule has 0 spiro atoms. The largest absolute Gasteiger partial charge is 2.00 e. The molecule has 0 saturated heterocycles. The van der Waals surface area contributed by atoms with Crippen LogP contribution in [0.2, 0.25) is 0 Å². The van der Waals surface area contributed by atoms with Crippen LogP contribution < -0.4 is 20.8 Å². The van der Waals surface area contributed by atoms with Crippen LogP contribution in [0.5, 0.6) is 0 Å². The van der Waals surface area contributed by atoms with Gasteiger partial charge < -0.3 is 61.1 Å². The average Bonchev–Trinajstić information content (AvgIpc) is 2.77. The number of aliphatic hydroxyl groups excluding tert-OH is 5. The zero-order valence-corrected chi connectivity index (χ0v) is 23.9. The zero-order chi connectivity index (χ0) is 29.3. The molecule has 0 rings (SSSR count).